The Kier molecular flexibility index (Phi) is 5.19. The molecule has 4 heteroatoms. The summed E-state index contributed by atoms with van der Waals surface area (Å²) in [5.41, 5.74) is 1.29. The number of likely N-dealkylation sites (tertiary alicyclic amines) is 1. The summed E-state index contributed by atoms with van der Waals surface area (Å²) in [6, 6.07) is 7.24. The van der Waals surface area contributed by atoms with Gasteiger partial charge in [-0.05, 0) is 51.1 Å². The molecule has 0 radical (unpaired) electrons. The van der Waals surface area contributed by atoms with Crippen molar-refractivity contribution in [3.63, 3.8) is 0 Å². The first-order valence-electron chi connectivity index (χ1n) is 8.13. The zero-order valence-corrected chi connectivity index (χ0v) is 14.4. The smallest absolute Gasteiger partial charge is 0.124 e. The Morgan fingerprint density at radius 2 is 2.14 bits per heavy atom. The number of benzene rings is 1. The van der Waals surface area contributed by atoms with Crippen LogP contribution in [0.5, 0.6) is 5.75 Å². The summed E-state index contributed by atoms with van der Waals surface area (Å²) in [6.07, 6.45) is 5.17. The molecule has 3 rings (SSSR count). The van der Waals surface area contributed by atoms with Crippen LogP contribution in [-0.4, -0.2) is 37.2 Å². The summed E-state index contributed by atoms with van der Waals surface area (Å²) >= 11 is 3.57. The van der Waals surface area contributed by atoms with Gasteiger partial charge in [-0.15, -0.1) is 0 Å². The fourth-order valence-corrected chi connectivity index (χ4v) is 3.84. The molecule has 1 aromatic carbocycles. The summed E-state index contributed by atoms with van der Waals surface area (Å²) in [4.78, 5) is 2.60. The second-order valence-corrected chi connectivity index (χ2v) is 7.22. The third kappa shape index (κ3) is 3.99. The van der Waals surface area contributed by atoms with E-state index in [1.54, 1.807) is 0 Å². The highest BCUT2D eigenvalue weighted by atomic mass is 79.9. The molecule has 2 atom stereocenters. The number of piperidine rings is 1. The molecule has 1 fully saturated rings. The molecule has 1 aromatic rings. The Bertz CT molecular complexity index is 474. The number of halogens is 1. The van der Waals surface area contributed by atoms with E-state index in [9.17, 15) is 0 Å². The van der Waals surface area contributed by atoms with Crippen molar-refractivity contribution in [1.29, 1.82) is 0 Å². The van der Waals surface area contributed by atoms with E-state index in [1.807, 2.05) is 0 Å². The Balaban J connectivity index is 1.61. The van der Waals surface area contributed by atoms with Gasteiger partial charge in [-0.25, -0.2) is 0 Å². The van der Waals surface area contributed by atoms with Crippen LogP contribution in [0.2, 0.25) is 0 Å². The molecule has 0 spiro atoms. The van der Waals surface area contributed by atoms with Crippen LogP contribution in [0.4, 0.5) is 0 Å². The number of rotatable bonds is 4. The van der Waals surface area contributed by atoms with E-state index in [4.69, 9.17) is 4.74 Å². The lowest BCUT2D eigenvalue weighted by atomic mass is 9.99. The number of nitrogens with zero attached hydrogens (tertiary/aromatic N) is 1. The molecule has 0 saturated carbocycles. The first-order chi connectivity index (χ1) is 10.2. The van der Waals surface area contributed by atoms with Gasteiger partial charge in [0.1, 0.15) is 5.75 Å². The first-order valence-corrected chi connectivity index (χ1v) is 8.92. The van der Waals surface area contributed by atoms with Gasteiger partial charge in [0.2, 0.25) is 0 Å². The standard InChI is InChI=1S/C17H25BrN2O/c1-13(12-20-8-3-2-4-9-20)19-16-7-10-21-17-6-5-14(18)11-15(16)17/h5-6,11,13,16,19H,2-4,7-10,12H2,1H3. The van der Waals surface area contributed by atoms with Gasteiger partial charge in [0, 0.05) is 35.1 Å². The van der Waals surface area contributed by atoms with Crippen molar-refractivity contribution < 1.29 is 4.74 Å². The third-order valence-electron chi connectivity index (χ3n) is 4.48. The van der Waals surface area contributed by atoms with Crippen LogP contribution in [0.25, 0.3) is 0 Å². The number of nitrogens with one attached hydrogen (secondary N) is 1. The maximum Gasteiger partial charge on any atom is 0.124 e. The Hall–Kier alpha value is -0.580. The van der Waals surface area contributed by atoms with Gasteiger partial charge in [-0.1, -0.05) is 22.4 Å². The van der Waals surface area contributed by atoms with E-state index < -0.39 is 0 Å². The van der Waals surface area contributed by atoms with Crippen LogP contribution in [0.3, 0.4) is 0 Å². The first kappa shape index (κ1) is 15.3. The largest absolute Gasteiger partial charge is 0.493 e. The highest BCUT2D eigenvalue weighted by Gasteiger charge is 2.23. The van der Waals surface area contributed by atoms with E-state index in [0.717, 1.165) is 29.8 Å². The van der Waals surface area contributed by atoms with Crippen LogP contribution >= 0.6 is 15.9 Å². The minimum atomic E-state index is 0.408. The number of hydrogen-bond donors (Lipinski definition) is 1. The molecule has 116 valence electrons. The molecule has 3 nitrogen and oxygen atoms in total. The zero-order valence-electron chi connectivity index (χ0n) is 12.8. The lowest BCUT2D eigenvalue weighted by Gasteiger charge is -2.33. The maximum atomic E-state index is 5.77. The fourth-order valence-electron chi connectivity index (χ4n) is 3.46. The lowest BCUT2D eigenvalue weighted by Crippen LogP contribution is -2.43. The van der Waals surface area contributed by atoms with Gasteiger partial charge >= 0.3 is 0 Å². The van der Waals surface area contributed by atoms with Crippen LogP contribution in [-0.2, 0) is 0 Å². The lowest BCUT2D eigenvalue weighted by molar-refractivity contribution is 0.192. The number of fused-ring (bicyclic) bond motifs is 1. The monoisotopic (exact) mass is 352 g/mol. The Morgan fingerprint density at radius 3 is 2.95 bits per heavy atom. The Morgan fingerprint density at radius 1 is 1.33 bits per heavy atom. The Labute approximate surface area is 136 Å². The van der Waals surface area contributed by atoms with Crippen LogP contribution in [0.1, 0.15) is 44.2 Å². The molecule has 0 amide bonds. The van der Waals surface area contributed by atoms with Crippen molar-refractivity contribution in [3.05, 3.63) is 28.2 Å². The van der Waals surface area contributed by atoms with Gasteiger partial charge in [-0.3, -0.25) is 0 Å². The summed E-state index contributed by atoms with van der Waals surface area (Å²) in [7, 11) is 0. The molecule has 0 bridgehead atoms. The molecule has 2 aliphatic rings. The SMILES string of the molecule is CC(CN1CCCCC1)NC1CCOc2ccc(Br)cc21. The molecule has 1 saturated heterocycles. The predicted molar refractivity (Wildman–Crippen MR) is 89.9 cm³/mol. The zero-order chi connectivity index (χ0) is 14.7. The fraction of sp³-hybridized carbons (Fsp3) is 0.647. The highest BCUT2D eigenvalue weighted by Crippen LogP contribution is 2.34. The van der Waals surface area contributed by atoms with Gasteiger partial charge in [0.15, 0.2) is 0 Å². The molecule has 2 aliphatic heterocycles. The molecule has 2 heterocycles. The average molecular weight is 353 g/mol. The van der Waals surface area contributed by atoms with Gasteiger partial charge in [0.05, 0.1) is 6.61 Å². The number of hydrogen-bond acceptors (Lipinski definition) is 3. The van der Waals surface area contributed by atoms with Crippen LogP contribution in [0.15, 0.2) is 22.7 Å². The van der Waals surface area contributed by atoms with Crippen molar-refractivity contribution in [2.45, 2.75) is 44.7 Å². The average Bonchev–Trinajstić information content (AvgIpc) is 2.49. The van der Waals surface area contributed by atoms with Crippen LogP contribution in [0, 0.1) is 0 Å². The van der Waals surface area contributed by atoms with E-state index in [1.165, 1.54) is 37.9 Å². The topological polar surface area (TPSA) is 24.5 Å². The normalized spacial score (nSPS) is 24.2. The molecular formula is C17H25BrN2O. The highest BCUT2D eigenvalue weighted by molar-refractivity contribution is 9.10. The molecular weight excluding hydrogens is 328 g/mol. The quantitative estimate of drug-likeness (QED) is 0.893. The second kappa shape index (κ2) is 7.12. The third-order valence-corrected chi connectivity index (χ3v) is 4.97. The second-order valence-electron chi connectivity index (χ2n) is 6.30. The van der Waals surface area contributed by atoms with Crippen molar-refractivity contribution in [2.75, 3.05) is 26.2 Å². The summed E-state index contributed by atoms with van der Waals surface area (Å²) in [5, 5.41) is 3.81. The molecule has 21 heavy (non-hydrogen) atoms. The van der Waals surface area contributed by atoms with Crippen LogP contribution < -0.4 is 10.1 Å². The van der Waals surface area contributed by atoms with E-state index in [2.05, 4.69) is 51.3 Å². The van der Waals surface area contributed by atoms with Crippen molar-refractivity contribution in [1.82, 2.24) is 10.2 Å². The van der Waals surface area contributed by atoms with Gasteiger partial charge < -0.3 is 15.0 Å². The van der Waals surface area contributed by atoms with Crippen molar-refractivity contribution in [2.24, 2.45) is 0 Å². The predicted octanol–water partition coefficient (Wildman–Crippen LogP) is 3.74. The minimum Gasteiger partial charge on any atom is -0.493 e. The summed E-state index contributed by atoms with van der Waals surface area (Å²) in [6.45, 7) is 6.80. The summed E-state index contributed by atoms with van der Waals surface area (Å²) < 4.78 is 6.90. The molecule has 1 N–H and O–H groups in total. The summed E-state index contributed by atoms with van der Waals surface area (Å²) in [5.74, 6) is 1.03. The maximum absolute atomic E-state index is 5.77. The van der Waals surface area contributed by atoms with Crippen molar-refractivity contribution in [3.8, 4) is 5.75 Å². The van der Waals surface area contributed by atoms with E-state index in [-0.39, 0.29) is 0 Å². The number of ether oxygens (including phenoxy) is 1. The minimum absolute atomic E-state index is 0.408. The molecule has 0 aromatic heterocycles. The van der Waals surface area contributed by atoms with E-state index in [0.29, 0.717) is 12.1 Å². The van der Waals surface area contributed by atoms with Gasteiger partial charge in [-0.2, -0.15) is 0 Å². The molecule has 2 unspecified atom stereocenters. The van der Waals surface area contributed by atoms with E-state index >= 15 is 0 Å². The molecule has 0 aliphatic carbocycles. The van der Waals surface area contributed by atoms with Crippen molar-refractivity contribution >= 4 is 15.9 Å². The van der Waals surface area contributed by atoms with Gasteiger partial charge in [0.25, 0.3) is 0 Å².